The summed E-state index contributed by atoms with van der Waals surface area (Å²) in [4.78, 5) is 17.1. The molecule has 2 aromatic rings. The molecule has 0 spiro atoms. The van der Waals surface area contributed by atoms with E-state index in [4.69, 9.17) is 0 Å². The predicted octanol–water partition coefficient (Wildman–Crippen LogP) is 4.71. The molecule has 0 aromatic heterocycles. The summed E-state index contributed by atoms with van der Waals surface area (Å²) in [6, 6.07) is 15.2. The summed E-state index contributed by atoms with van der Waals surface area (Å²) < 4.78 is 0. The fourth-order valence-electron chi connectivity index (χ4n) is 3.75. The van der Waals surface area contributed by atoms with Crippen LogP contribution in [0.5, 0.6) is 0 Å². The topological polar surface area (TPSA) is 23.6 Å². The third-order valence-electron chi connectivity index (χ3n) is 5.82. The van der Waals surface area contributed by atoms with Gasteiger partial charge in [-0.25, -0.2) is 0 Å². The molecule has 0 atom stereocenters. The minimum absolute atomic E-state index is 0.281. The molecule has 27 heavy (non-hydrogen) atoms. The number of amides is 1. The maximum absolute atomic E-state index is 12.6. The van der Waals surface area contributed by atoms with Crippen molar-refractivity contribution >= 4 is 11.6 Å². The van der Waals surface area contributed by atoms with Crippen LogP contribution < -0.4 is 4.90 Å². The number of carbonyl (C=O) groups excluding carboxylic acids is 1. The summed E-state index contributed by atoms with van der Waals surface area (Å²) >= 11 is 0. The second-order valence-corrected chi connectivity index (χ2v) is 7.98. The number of aryl methyl sites for hydroxylation is 2. The van der Waals surface area contributed by atoms with Crippen LogP contribution >= 0.6 is 0 Å². The van der Waals surface area contributed by atoms with Gasteiger partial charge >= 0.3 is 0 Å². The highest BCUT2D eigenvalue weighted by Crippen LogP contribution is 2.24. The molecule has 1 heterocycles. The van der Waals surface area contributed by atoms with E-state index in [2.05, 4.69) is 75.1 Å². The number of hydrogen-bond acceptors (Lipinski definition) is 2. The Labute approximate surface area is 164 Å². The van der Waals surface area contributed by atoms with E-state index < -0.39 is 0 Å². The van der Waals surface area contributed by atoms with Crippen molar-refractivity contribution < 1.29 is 4.79 Å². The van der Waals surface area contributed by atoms with Crippen molar-refractivity contribution in [1.29, 1.82) is 0 Å². The van der Waals surface area contributed by atoms with E-state index in [1.54, 1.807) is 0 Å². The second-order valence-electron chi connectivity index (χ2n) is 7.98. The molecule has 3 heteroatoms. The van der Waals surface area contributed by atoms with Crippen LogP contribution in [-0.4, -0.2) is 37.0 Å². The first kappa shape index (κ1) is 19.5. The van der Waals surface area contributed by atoms with Gasteiger partial charge in [-0.3, -0.25) is 4.79 Å². The van der Waals surface area contributed by atoms with Gasteiger partial charge in [0.1, 0.15) is 0 Å². The third kappa shape index (κ3) is 4.71. The summed E-state index contributed by atoms with van der Waals surface area (Å²) in [5, 5.41) is 0. The standard InChI is InChI=1S/C24H32N2O/c1-18(2)22-11-8-21(9-12-22)10-13-24(27)26-16-14-25(15-17-26)23-7-5-6-19(3)20(23)4/h5-9,11-12,18H,10,13-17H2,1-4H3. The number of rotatable bonds is 5. The lowest BCUT2D eigenvalue weighted by molar-refractivity contribution is -0.131. The monoisotopic (exact) mass is 364 g/mol. The van der Waals surface area contributed by atoms with Crippen molar-refractivity contribution in [2.75, 3.05) is 31.1 Å². The summed E-state index contributed by atoms with van der Waals surface area (Å²) in [5.41, 5.74) is 6.60. The average molecular weight is 365 g/mol. The zero-order valence-electron chi connectivity index (χ0n) is 17.2. The Morgan fingerprint density at radius 1 is 0.963 bits per heavy atom. The number of anilines is 1. The summed E-state index contributed by atoms with van der Waals surface area (Å²) in [6.45, 7) is 12.2. The van der Waals surface area contributed by atoms with E-state index in [-0.39, 0.29) is 5.91 Å². The first-order valence-corrected chi connectivity index (χ1v) is 10.1. The number of hydrogen-bond donors (Lipinski definition) is 0. The van der Waals surface area contributed by atoms with E-state index in [0.29, 0.717) is 12.3 Å². The van der Waals surface area contributed by atoms with Crippen LogP contribution in [0.2, 0.25) is 0 Å². The molecule has 1 saturated heterocycles. The van der Waals surface area contributed by atoms with Crippen molar-refractivity contribution in [1.82, 2.24) is 4.90 Å². The number of carbonyl (C=O) groups is 1. The number of piperazine rings is 1. The Bertz CT molecular complexity index is 771. The molecule has 1 aliphatic rings. The van der Waals surface area contributed by atoms with Crippen LogP contribution in [0.1, 0.15) is 48.4 Å². The molecule has 3 nitrogen and oxygen atoms in total. The quantitative estimate of drug-likeness (QED) is 0.767. The van der Waals surface area contributed by atoms with E-state index in [9.17, 15) is 4.79 Å². The molecule has 0 N–H and O–H groups in total. The van der Waals surface area contributed by atoms with Crippen LogP contribution in [0.15, 0.2) is 42.5 Å². The van der Waals surface area contributed by atoms with Crippen LogP contribution in [0.4, 0.5) is 5.69 Å². The molecule has 2 aromatic carbocycles. The Kier molecular flexibility index (Phi) is 6.20. The number of nitrogens with zero attached hydrogens (tertiary/aromatic N) is 2. The van der Waals surface area contributed by atoms with Crippen molar-refractivity contribution in [3.8, 4) is 0 Å². The minimum atomic E-state index is 0.281. The van der Waals surface area contributed by atoms with Gasteiger partial charge in [0.25, 0.3) is 0 Å². The Hall–Kier alpha value is -2.29. The van der Waals surface area contributed by atoms with Gasteiger partial charge in [0.15, 0.2) is 0 Å². The SMILES string of the molecule is Cc1cccc(N2CCN(C(=O)CCc3ccc(C(C)C)cc3)CC2)c1C. The Balaban J connectivity index is 1.50. The van der Waals surface area contributed by atoms with E-state index >= 15 is 0 Å². The molecule has 144 valence electrons. The minimum Gasteiger partial charge on any atom is -0.368 e. The van der Waals surface area contributed by atoms with Gasteiger partial charge in [0.2, 0.25) is 5.91 Å². The molecule has 1 fully saturated rings. The largest absolute Gasteiger partial charge is 0.368 e. The molecule has 0 radical (unpaired) electrons. The summed E-state index contributed by atoms with van der Waals surface area (Å²) in [5.74, 6) is 0.831. The van der Waals surface area contributed by atoms with Crippen LogP contribution in [0.25, 0.3) is 0 Å². The Morgan fingerprint density at radius 3 is 2.26 bits per heavy atom. The normalized spacial score (nSPS) is 14.7. The molecule has 0 saturated carbocycles. The highest BCUT2D eigenvalue weighted by atomic mass is 16.2. The second kappa shape index (κ2) is 8.60. The van der Waals surface area contributed by atoms with Crippen molar-refractivity contribution in [2.45, 2.75) is 46.5 Å². The maximum Gasteiger partial charge on any atom is 0.223 e. The van der Waals surface area contributed by atoms with Crippen molar-refractivity contribution in [2.24, 2.45) is 0 Å². The van der Waals surface area contributed by atoms with E-state index in [1.165, 1.54) is 27.9 Å². The van der Waals surface area contributed by atoms with Crippen LogP contribution in [0.3, 0.4) is 0 Å². The lowest BCUT2D eigenvalue weighted by atomic mass is 10.00. The van der Waals surface area contributed by atoms with Gasteiger partial charge in [0.05, 0.1) is 0 Å². The molecule has 0 aliphatic carbocycles. The molecule has 1 aliphatic heterocycles. The van der Waals surface area contributed by atoms with Gasteiger partial charge in [-0.1, -0.05) is 50.2 Å². The molecular formula is C24H32N2O. The number of benzene rings is 2. The Morgan fingerprint density at radius 2 is 1.63 bits per heavy atom. The molecular weight excluding hydrogens is 332 g/mol. The van der Waals surface area contributed by atoms with Gasteiger partial charge in [-0.15, -0.1) is 0 Å². The molecule has 3 rings (SSSR count). The molecule has 1 amide bonds. The third-order valence-corrected chi connectivity index (χ3v) is 5.82. The van der Waals surface area contributed by atoms with Gasteiger partial charge < -0.3 is 9.80 Å². The van der Waals surface area contributed by atoms with Crippen LogP contribution in [0, 0.1) is 13.8 Å². The van der Waals surface area contributed by atoms with Crippen LogP contribution in [-0.2, 0) is 11.2 Å². The first-order chi connectivity index (χ1) is 13.0. The average Bonchev–Trinajstić information content (AvgIpc) is 2.68. The highest BCUT2D eigenvalue weighted by molar-refractivity contribution is 5.77. The predicted molar refractivity (Wildman–Crippen MR) is 114 cm³/mol. The van der Waals surface area contributed by atoms with E-state index in [0.717, 1.165) is 32.6 Å². The molecule has 0 unspecified atom stereocenters. The fraction of sp³-hybridized carbons (Fsp3) is 0.458. The zero-order valence-corrected chi connectivity index (χ0v) is 17.2. The van der Waals surface area contributed by atoms with Gasteiger partial charge in [-0.2, -0.15) is 0 Å². The highest BCUT2D eigenvalue weighted by Gasteiger charge is 2.22. The lowest BCUT2D eigenvalue weighted by Gasteiger charge is -2.37. The smallest absolute Gasteiger partial charge is 0.223 e. The zero-order chi connectivity index (χ0) is 19.4. The van der Waals surface area contributed by atoms with Crippen molar-refractivity contribution in [3.63, 3.8) is 0 Å². The molecule has 0 bridgehead atoms. The maximum atomic E-state index is 12.6. The summed E-state index contributed by atoms with van der Waals surface area (Å²) in [6.07, 6.45) is 1.43. The fourth-order valence-corrected chi connectivity index (χ4v) is 3.75. The van der Waals surface area contributed by atoms with Gasteiger partial charge in [-0.05, 0) is 54.5 Å². The van der Waals surface area contributed by atoms with Gasteiger partial charge in [0, 0.05) is 38.3 Å². The first-order valence-electron chi connectivity index (χ1n) is 10.1. The van der Waals surface area contributed by atoms with Crippen molar-refractivity contribution in [3.05, 3.63) is 64.7 Å². The summed E-state index contributed by atoms with van der Waals surface area (Å²) in [7, 11) is 0. The van der Waals surface area contributed by atoms with E-state index in [1.807, 2.05) is 4.90 Å². The lowest BCUT2D eigenvalue weighted by Crippen LogP contribution is -2.49.